The van der Waals surface area contributed by atoms with Crippen LogP contribution >= 0.6 is 0 Å². The van der Waals surface area contributed by atoms with Gasteiger partial charge in [0.25, 0.3) is 0 Å². The van der Waals surface area contributed by atoms with Crippen molar-refractivity contribution in [3.8, 4) is 5.75 Å². The van der Waals surface area contributed by atoms with Crippen LogP contribution in [-0.2, 0) is 20.8 Å². The fourth-order valence-electron chi connectivity index (χ4n) is 4.91. The molecule has 0 fully saturated rings. The van der Waals surface area contributed by atoms with Crippen LogP contribution in [0.25, 0.3) is 6.08 Å². The van der Waals surface area contributed by atoms with E-state index in [4.69, 9.17) is 4.74 Å². The fourth-order valence-corrected chi connectivity index (χ4v) is 4.91. The van der Waals surface area contributed by atoms with E-state index in [1.165, 1.54) is 0 Å². The highest BCUT2D eigenvalue weighted by Crippen LogP contribution is 2.27. The van der Waals surface area contributed by atoms with E-state index in [1.54, 1.807) is 24.4 Å². The van der Waals surface area contributed by atoms with Crippen molar-refractivity contribution in [2.24, 2.45) is 5.92 Å². The fraction of sp³-hybridized carbons (Fsp3) is 0.324. The highest BCUT2D eigenvalue weighted by molar-refractivity contribution is 5.94. The molecule has 0 spiro atoms. The van der Waals surface area contributed by atoms with Crippen molar-refractivity contribution >= 4 is 23.8 Å². The van der Waals surface area contributed by atoms with Crippen LogP contribution in [0, 0.1) is 5.92 Å². The third kappa shape index (κ3) is 7.85. The van der Waals surface area contributed by atoms with Gasteiger partial charge in [0.05, 0.1) is 6.04 Å². The van der Waals surface area contributed by atoms with E-state index in [-0.39, 0.29) is 17.7 Å². The summed E-state index contributed by atoms with van der Waals surface area (Å²) in [4.78, 5) is 43.2. The Hall–Kier alpha value is -4.43. The van der Waals surface area contributed by atoms with E-state index in [2.05, 4.69) is 16.0 Å². The Morgan fingerprint density at radius 2 is 1.57 bits per heavy atom. The molecule has 0 saturated heterocycles. The maximum absolute atomic E-state index is 14.2. The largest absolute Gasteiger partial charge is 0.483 e. The third-order valence-corrected chi connectivity index (χ3v) is 7.65. The zero-order chi connectivity index (χ0) is 30.1. The van der Waals surface area contributed by atoms with Gasteiger partial charge >= 0.3 is 0 Å². The van der Waals surface area contributed by atoms with Gasteiger partial charge in [-0.25, -0.2) is 0 Å². The molecule has 0 unspecified atom stereocenters. The summed E-state index contributed by atoms with van der Waals surface area (Å²) < 4.78 is 6.48. The van der Waals surface area contributed by atoms with Crippen LogP contribution in [0.2, 0.25) is 0 Å². The molecule has 42 heavy (non-hydrogen) atoms. The first-order valence-corrected chi connectivity index (χ1v) is 14.4. The number of ether oxygens (including phenoxy) is 1. The summed E-state index contributed by atoms with van der Waals surface area (Å²) in [5.41, 5.74) is 2.59. The number of fused-ring (bicyclic) bond motifs is 10. The predicted molar refractivity (Wildman–Crippen MR) is 164 cm³/mol. The van der Waals surface area contributed by atoms with Crippen LogP contribution in [0.4, 0.5) is 0 Å². The van der Waals surface area contributed by atoms with E-state index in [0.717, 1.165) is 11.1 Å². The molecule has 3 aromatic carbocycles. The average Bonchev–Trinajstić information content (AvgIpc) is 3.00. The summed E-state index contributed by atoms with van der Waals surface area (Å²) in [7, 11) is 3.68. The molecule has 0 aliphatic carbocycles. The SMILES string of the molecule is CC[C@@H](C)[C@H]1NC(=O)[C@@H](NC(=O)[C@H](Cc2ccccc2)N(C)C)[C@H](c2ccccc2)Oc2ccc(cc2)C=CNC1=O. The summed E-state index contributed by atoms with van der Waals surface area (Å²) in [5.74, 6) is -0.778. The molecular formula is C34H40N4O4. The van der Waals surface area contributed by atoms with Gasteiger partial charge in [-0.05, 0) is 61.3 Å². The van der Waals surface area contributed by atoms with E-state index in [0.29, 0.717) is 24.2 Å². The molecule has 2 bridgehead atoms. The minimum atomic E-state index is -1.14. The Balaban J connectivity index is 1.77. The summed E-state index contributed by atoms with van der Waals surface area (Å²) >= 11 is 0. The molecular weight excluding hydrogens is 528 g/mol. The standard InChI is InChI=1S/C34H40N4O4/c1-5-23(2)29-33(40)35-21-20-24-16-18-27(19-17-24)42-31(26-14-10-7-11-15-26)30(34(41)36-29)37-32(39)28(38(3)4)22-25-12-8-6-9-13-25/h6-21,23,28-31H,5,22H2,1-4H3,(H,35,40)(H,36,41)(H,37,39)/t23-,28+,29-,30+,31+/m1/s1. The highest BCUT2D eigenvalue weighted by Gasteiger charge is 2.38. The molecule has 3 aromatic rings. The molecule has 3 amide bonds. The van der Waals surface area contributed by atoms with Gasteiger partial charge in [-0.3, -0.25) is 19.3 Å². The first-order chi connectivity index (χ1) is 20.3. The predicted octanol–water partition coefficient (Wildman–Crippen LogP) is 4.10. The van der Waals surface area contributed by atoms with Crippen LogP contribution < -0.4 is 20.7 Å². The lowest BCUT2D eigenvalue weighted by Gasteiger charge is -2.33. The number of carbonyl (C=O) groups excluding carboxylic acids is 3. The Bertz CT molecular complexity index is 1360. The van der Waals surface area contributed by atoms with Crippen LogP contribution in [0.3, 0.4) is 0 Å². The molecule has 0 aromatic heterocycles. The van der Waals surface area contributed by atoms with Crippen molar-refractivity contribution in [1.82, 2.24) is 20.9 Å². The first kappa shape index (κ1) is 30.5. The number of nitrogens with zero attached hydrogens (tertiary/aromatic N) is 1. The molecule has 5 rings (SSSR count). The number of hydrogen-bond donors (Lipinski definition) is 3. The second kappa shape index (κ2) is 14.5. The molecule has 5 atom stereocenters. The second-order valence-electron chi connectivity index (χ2n) is 10.9. The Morgan fingerprint density at radius 1 is 0.929 bits per heavy atom. The number of benzene rings is 3. The van der Waals surface area contributed by atoms with Crippen molar-refractivity contribution in [3.63, 3.8) is 0 Å². The monoisotopic (exact) mass is 568 g/mol. The molecule has 3 N–H and O–H groups in total. The lowest BCUT2D eigenvalue weighted by atomic mass is 9.95. The van der Waals surface area contributed by atoms with Crippen LogP contribution in [-0.4, -0.2) is 54.8 Å². The molecule has 220 valence electrons. The number of likely N-dealkylation sites (N-methyl/N-ethyl adjacent to an activating group) is 1. The number of hydrogen-bond acceptors (Lipinski definition) is 5. The number of carbonyl (C=O) groups is 3. The van der Waals surface area contributed by atoms with Gasteiger partial charge in [0, 0.05) is 6.20 Å². The molecule has 0 saturated carbocycles. The maximum Gasteiger partial charge on any atom is 0.247 e. The van der Waals surface area contributed by atoms with Crippen molar-refractivity contribution < 1.29 is 19.1 Å². The van der Waals surface area contributed by atoms with Gasteiger partial charge in [0.2, 0.25) is 17.7 Å². The summed E-state index contributed by atoms with van der Waals surface area (Å²) in [6, 6.07) is 23.9. The van der Waals surface area contributed by atoms with Crippen LogP contribution in [0.5, 0.6) is 5.75 Å². The molecule has 2 aliphatic heterocycles. The van der Waals surface area contributed by atoms with Gasteiger partial charge in [-0.2, -0.15) is 0 Å². The molecule has 2 heterocycles. The van der Waals surface area contributed by atoms with Crippen LogP contribution in [0.15, 0.2) is 91.1 Å². The normalized spacial score (nSPS) is 20.5. The Labute approximate surface area is 248 Å². The van der Waals surface area contributed by atoms with Gasteiger partial charge in [0.1, 0.15) is 17.8 Å². The zero-order valence-electron chi connectivity index (χ0n) is 24.6. The molecule has 8 heteroatoms. The number of rotatable bonds is 8. The lowest BCUT2D eigenvalue weighted by Crippen LogP contribution is -2.59. The topological polar surface area (TPSA) is 99.8 Å². The van der Waals surface area contributed by atoms with Crippen molar-refractivity contribution in [1.29, 1.82) is 0 Å². The van der Waals surface area contributed by atoms with E-state index < -0.39 is 30.1 Å². The molecule has 2 aliphatic rings. The number of nitrogens with one attached hydrogen (secondary N) is 3. The molecule has 0 radical (unpaired) electrons. The average molecular weight is 569 g/mol. The lowest BCUT2D eigenvalue weighted by molar-refractivity contribution is -0.136. The summed E-state index contributed by atoms with van der Waals surface area (Å²) in [6.07, 6.45) is 3.60. The zero-order valence-corrected chi connectivity index (χ0v) is 24.6. The van der Waals surface area contributed by atoms with Gasteiger partial charge in [0.15, 0.2) is 6.10 Å². The third-order valence-electron chi connectivity index (χ3n) is 7.65. The van der Waals surface area contributed by atoms with E-state index >= 15 is 0 Å². The van der Waals surface area contributed by atoms with Gasteiger partial charge in [-0.15, -0.1) is 0 Å². The first-order valence-electron chi connectivity index (χ1n) is 14.4. The maximum atomic E-state index is 14.2. The summed E-state index contributed by atoms with van der Waals surface area (Å²) in [5, 5.41) is 8.77. The van der Waals surface area contributed by atoms with Gasteiger partial charge in [-0.1, -0.05) is 93.1 Å². The molecule has 8 nitrogen and oxygen atoms in total. The Morgan fingerprint density at radius 3 is 2.19 bits per heavy atom. The van der Waals surface area contributed by atoms with Crippen molar-refractivity contribution in [2.45, 2.75) is 50.9 Å². The highest BCUT2D eigenvalue weighted by atomic mass is 16.5. The minimum absolute atomic E-state index is 0.159. The quantitative estimate of drug-likeness (QED) is 0.380. The number of amides is 3. The Kier molecular flexibility index (Phi) is 10.5. The van der Waals surface area contributed by atoms with Crippen molar-refractivity contribution in [2.75, 3.05) is 14.1 Å². The second-order valence-corrected chi connectivity index (χ2v) is 10.9. The van der Waals surface area contributed by atoms with E-state index in [9.17, 15) is 14.4 Å². The van der Waals surface area contributed by atoms with Crippen LogP contribution in [0.1, 0.15) is 43.1 Å². The van der Waals surface area contributed by atoms with Gasteiger partial charge < -0.3 is 20.7 Å². The smallest absolute Gasteiger partial charge is 0.247 e. The van der Waals surface area contributed by atoms with E-state index in [1.807, 2.05) is 106 Å². The van der Waals surface area contributed by atoms with Crippen molar-refractivity contribution in [3.05, 3.63) is 108 Å². The summed E-state index contributed by atoms with van der Waals surface area (Å²) in [6.45, 7) is 3.88. The minimum Gasteiger partial charge on any atom is -0.483 e.